The van der Waals surface area contributed by atoms with Gasteiger partial charge in [0.15, 0.2) is 0 Å². The van der Waals surface area contributed by atoms with Crippen LogP contribution >= 0.6 is 0 Å². The molecule has 1 aromatic carbocycles. The highest BCUT2D eigenvalue weighted by molar-refractivity contribution is 5.85. The monoisotopic (exact) mass is 204 g/mol. The van der Waals surface area contributed by atoms with Crippen LogP contribution in [0.4, 0.5) is 0 Å². The van der Waals surface area contributed by atoms with E-state index in [0.717, 1.165) is 15.5 Å². The Hall–Kier alpha value is -1.57. The lowest BCUT2D eigenvalue weighted by Gasteiger charge is -2.10. The maximum absolute atomic E-state index is 12.2. The molecule has 0 saturated carbocycles. The maximum atomic E-state index is 12.2. The SMILES string of the molecule is [2H]C([2H])([2H])n1ccc2c(C(C)C)cccc2c1=O. The molecule has 0 aliphatic carbocycles. The molecule has 0 radical (unpaired) electrons. The summed E-state index contributed by atoms with van der Waals surface area (Å²) in [5, 5.41) is 1.29. The van der Waals surface area contributed by atoms with Crippen molar-refractivity contribution in [1.82, 2.24) is 4.57 Å². The van der Waals surface area contributed by atoms with Gasteiger partial charge in [0, 0.05) is 22.7 Å². The molecule has 2 heteroatoms. The van der Waals surface area contributed by atoms with Crippen molar-refractivity contribution in [1.29, 1.82) is 0 Å². The first kappa shape index (κ1) is 6.83. The van der Waals surface area contributed by atoms with E-state index < -0.39 is 12.5 Å². The Morgan fingerprint density at radius 3 is 2.73 bits per heavy atom. The zero-order chi connectivity index (χ0) is 13.5. The van der Waals surface area contributed by atoms with Crippen LogP contribution in [0, 0.1) is 0 Å². The van der Waals surface area contributed by atoms with Crippen molar-refractivity contribution in [2.75, 3.05) is 0 Å². The van der Waals surface area contributed by atoms with Crippen LogP contribution in [0.3, 0.4) is 0 Å². The fourth-order valence-corrected chi connectivity index (χ4v) is 1.81. The molecule has 1 aromatic heterocycles. The molecule has 1 heterocycles. The fraction of sp³-hybridized carbons (Fsp3) is 0.308. The van der Waals surface area contributed by atoms with Crippen molar-refractivity contribution in [3.05, 3.63) is 46.4 Å². The molecular formula is C13H15NO. The number of rotatable bonds is 1. The van der Waals surface area contributed by atoms with E-state index in [1.165, 1.54) is 6.20 Å². The van der Waals surface area contributed by atoms with Gasteiger partial charge in [0.2, 0.25) is 0 Å². The second-order valence-electron chi connectivity index (χ2n) is 3.95. The number of fused-ring (bicyclic) bond motifs is 1. The number of nitrogens with zero attached hydrogens (tertiary/aromatic N) is 1. The van der Waals surface area contributed by atoms with E-state index in [1.54, 1.807) is 18.2 Å². The first-order chi connectivity index (χ1) is 8.32. The molecule has 0 aliphatic heterocycles. The summed E-state index contributed by atoms with van der Waals surface area (Å²) in [5.41, 5.74) is 0.595. The molecule has 0 unspecified atom stereocenters. The average Bonchev–Trinajstić information content (AvgIpc) is 2.27. The molecule has 0 fully saturated rings. The third-order valence-corrected chi connectivity index (χ3v) is 2.60. The summed E-state index contributed by atoms with van der Waals surface area (Å²) in [6.45, 7) is 1.66. The Bertz CT molecular complexity index is 641. The zero-order valence-electron chi connectivity index (χ0n) is 11.8. The van der Waals surface area contributed by atoms with Gasteiger partial charge in [0.1, 0.15) is 0 Å². The molecule has 2 aromatic rings. The molecule has 15 heavy (non-hydrogen) atoms. The lowest BCUT2D eigenvalue weighted by molar-refractivity contribution is 0.861. The van der Waals surface area contributed by atoms with Crippen molar-refractivity contribution in [3.8, 4) is 0 Å². The van der Waals surface area contributed by atoms with Crippen LogP contribution in [0.15, 0.2) is 35.3 Å². The predicted molar refractivity (Wildman–Crippen MR) is 63.3 cm³/mol. The van der Waals surface area contributed by atoms with Gasteiger partial charge in [-0.3, -0.25) is 4.79 Å². The van der Waals surface area contributed by atoms with Crippen LogP contribution in [0.1, 0.15) is 29.4 Å². The minimum Gasteiger partial charge on any atom is -0.318 e. The van der Waals surface area contributed by atoms with Crippen molar-refractivity contribution in [2.45, 2.75) is 19.8 Å². The summed E-state index contributed by atoms with van der Waals surface area (Å²) < 4.78 is 22.8. The Balaban J connectivity index is 2.82. The van der Waals surface area contributed by atoms with E-state index in [9.17, 15) is 4.79 Å². The lowest BCUT2D eigenvalue weighted by Crippen LogP contribution is -2.15. The highest BCUT2D eigenvalue weighted by atomic mass is 16.1. The number of hydrogen-bond donors (Lipinski definition) is 0. The number of aryl methyl sites for hydroxylation is 1. The summed E-state index contributed by atoms with van der Waals surface area (Å²) in [7, 11) is 0. The van der Waals surface area contributed by atoms with Gasteiger partial charge < -0.3 is 4.57 Å². The van der Waals surface area contributed by atoms with Crippen LogP contribution in [0.25, 0.3) is 10.8 Å². The standard InChI is InChI=1S/C13H15NO/c1-9(2)10-5-4-6-12-11(10)7-8-14(3)13(12)15/h4-9H,1-3H3/i3D3. The average molecular weight is 204 g/mol. The van der Waals surface area contributed by atoms with Crippen molar-refractivity contribution < 1.29 is 4.11 Å². The Labute approximate surface area is 93.4 Å². The molecule has 0 spiro atoms. The summed E-state index contributed by atoms with van der Waals surface area (Å²) >= 11 is 0. The van der Waals surface area contributed by atoms with Crippen LogP contribution in [-0.4, -0.2) is 4.57 Å². The summed E-state index contributed by atoms with van der Waals surface area (Å²) in [4.78, 5) is 12.2. The van der Waals surface area contributed by atoms with Gasteiger partial charge in [0.25, 0.3) is 5.56 Å². The molecule has 0 bridgehead atoms. The van der Waals surface area contributed by atoms with Crippen LogP contribution in [0.2, 0.25) is 0 Å². The molecule has 78 valence electrons. The summed E-state index contributed by atoms with van der Waals surface area (Å²) in [5.74, 6) is 0.289. The topological polar surface area (TPSA) is 22.0 Å². The van der Waals surface area contributed by atoms with Gasteiger partial charge in [-0.15, -0.1) is 0 Å². The van der Waals surface area contributed by atoms with Crippen LogP contribution in [-0.2, 0) is 6.98 Å². The number of benzene rings is 1. The van der Waals surface area contributed by atoms with Gasteiger partial charge in [-0.2, -0.15) is 0 Å². The van der Waals surface area contributed by atoms with E-state index in [1.807, 2.05) is 19.9 Å². The highest BCUT2D eigenvalue weighted by Crippen LogP contribution is 2.22. The van der Waals surface area contributed by atoms with Crippen molar-refractivity contribution >= 4 is 10.8 Å². The largest absolute Gasteiger partial charge is 0.318 e. The van der Waals surface area contributed by atoms with E-state index in [-0.39, 0.29) is 5.92 Å². The summed E-state index contributed by atoms with van der Waals surface area (Å²) in [6, 6.07) is 7.14. The van der Waals surface area contributed by atoms with E-state index >= 15 is 0 Å². The predicted octanol–water partition coefficient (Wildman–Crippen LogP) is 2.66. The molecular weight excluding hydrogens is 186 g/mol. The van der Waals surface area contributed by atoms with Crippen LogP contribution in [0.5, 0.6) is 0 Å². The molecule has 2 nitrogen and oxygen atoms in total. The Kier molecular flexibility index (Phi) is 1.61. The number of pyridine rings is 1. The van der Waals surface area contributed by atoms with Gasteiger partial charge in [-0.1, -0.05) is 26.0 Å². The third-order valence-electron chi connectivity index (χ3n) is 2.60. The van der Waals surface area contributed by atoms with Gasteiger partial charge >= 0.3 is 0 Å². The minimum absolute atomic E-state index is 0.289. The maximum Gasteiger partial charge on any atom is 0.258 e. The van der Waals surface area contributed by atoms with E-state index in [2.05, 4.69) is 0 Å². The summed E-state index contributed by atoms with van der Waals surface area (Å²) in [6.07, 6.45) is 1.35. The Morgan fingerprint density at radius 1 is 1.27 bits per heavy atom. The normalized spacial score (nSPS) is 15.0. The van der Waals surface area contributed by atoms with Crippen molar-refractivity contribution in [3.63, 3.8) is 0 Å². The molecule has 0 atom stereocenters. The highest BCUT2D eigenvalue weighted by Gasteiger charge is 2.06. The van der Waals surface area contributed by atoms with E-state index in [0.29, 0.717) is 5.39 Å². The van der Waals surface area contributed by atoms with Crippen LogP contribution < -0.4 is 5.56 Å². The number of aromatic nitrogens is 1. The number of hydrogen-bond acceptors (Lipinski definition) is 1. The first-order valence-electron chi connectivity index (χ1n) is 6.47. The molecule has 2 rings (SSSR count). The fourth-order valence-electron chi connectivity index (χ4n) is 1.81. The van der Waals surface area contributed by atoms with E-state index in [4.69, 9.17) is 4.11 Å². The quantitative estimate of drug-likeness (QED) is 0.700. The second-order valence-corrected chi connectivity index (χ2v) is 3.95. The van der Waals surface area contributed by atoms with Gasteiger partial charge in [0.05, 0.1) is 0 Å². The first-order valence-corrected chi connectivity index (χ1v) is 4.97. The van der Waals surface area contributed by atoms with Crippen molar-refractivity contribution in [2.24, 2.45) is 6.98 Å². The molecule has 0 amide bonds. The van der Waals surface area contributed by atoms with Gasteiger partial charge in [-0.05, 0) is 29.0 Å². The lowest BCUT2D eigenvalue weighted by atomic mass is 9.97. The Morgan fingerprint density at radius 2 is 2.07 bits per heavy atom. The zero-order valence-corrected chi connectivity index (χ0v) is 8.82. The second kappa shape index (κ2) is 3.54. The third kappa shape index (κ3) is 1.56. The molecule has 0 saturated heterocycles. The molecule has 0 N–H and O–H groups in total. The van der Waals surface area contributed by atoms with Gasteiger partial charge in [-0.25, -0.2) is 0 Å². The molecule has 0 aliphatic rings. The smallest absolute Gasteiger partial charge is 0.258 e. The minimum atomic E-state index is -2.43.